The molecule has 1 rings (SSSR count). The van der Waals surface area contributed by atoms with E-state index in [2.05, 4.69) is 16.6 Å². The number of carbonyl (C=O) groups excluding carboxylic acids is 1. The van der Waals surface area contributed by atoms with Gasteiger partial charge in [0, 0.05) is 11.8 Å². The normalized spacial score (nSPS) is 8.94. The van der Waals surface area contributed by atoms with Gasteiger partial charge in [-0.15, -0.1) is 0 Å². The number of halogens is 4. The van der Waals surface area contributed by atoms with Gasteiger partial charge in [-0.05, 0) is 5.53 Å². The number of hydrogen-bond acceptors (Lipinski definition) is 3. The smallest absolute Gasteiger partial charge is 0.214 e. The quantitative estimate of drug-likeness (QED) is 0.202. The highest BCUT2D eigenvalue weighted by Gasteiger charge is 2.22. The number of nitrogens with two attached hydrogens (primary N) is 2. The minimum absolute atomic E-state index is 0.333. The topological polar surface area (TPSA) is 118 Å². The van der Waals surface area contributed by atoms with Crippen LogP contribution in [0.3, 0.4) is 0 Å². The van der Waals surface area contributed by atoms with Gasteiger partial charge in [-0.3, -0.25) is 4.79 Å². The van der Waals surface area contributed by atoms with Crippen LogP contribution in [-0.4, -0.2) is 5.91 Å². The van der Waals surface area contributed by atoms with Gasteiger partial charge in [0.15, 0.2) is 23.3 Å². The number of nitrogens with zero attached hydrogens (tertiary/aromatic N) is 3. The number of carbonyl (C=O) groups is 1. The van der Waals surface area contributed by atoms with E-state index in [-0.39, 0.29) is 5.91 Å². The molecular weight excluding hydrogens is 258 g/mol. The molecule has 0 saturated carbocycles. The van der Waals surface area contributed by atoms with Crippen molar-refractivity contribution in [1.82, 2.24) is 0 Å². The van der Waals surface area contributed by atoms with Crippen molar-refractivity contribution in [3.63, 3.8) is 0 Å². The van der Waals surface area contributed by atoms with Gasteiger partial charge in [0.05, 0.1) is 0 Å². The Kier molecular flexibility index (Phi) is 5.43. The predicted octanol–water partition coefficient (Wildman–Crippen LogP) is 2.26. The Morgan fingerprint density at radius 2 is 1.50 bits per heavy atom. The maximum absolute atomic E-state index is 12.8. The molecule has 0 aliphatic carbocycles. The zero-order valence-electron chi connectivity index (χ0n) is 8.92. The molecule has 0 fully saturated rings. The van der Waals surface area contributed by atoms with Crippen LogP contribution in [-0.2, 0) is 4.79 Å². The van der Waals surface area contributed by atoms with Crippen LogP contribution in [0.2, 0.25) is 0 Å². The molecule has 0 atom stereocenters. The minimum Gasteiger partial charge on any atom is -0.394 e. The van der Waals surface area contributed by atoms with Crippen LogP contribution in [0.25, 0.3) is 10.4 Å². The Balaban J connectivity index is 0.000000631. The summed E-state index contributed by atoms with van der Waals surface area (Å²) in [7, 11) is 0. The highest BCUT2D eigenvalue weighted by molar-refractivity contribution is 5.70. The molecule has 0 radical (unpaired) electrons. The van der Waals surface area contributed by atoms with Crippen LogP contribution in [0.5, 0.6) is 0 Å². The van der Waals surface area contributed by atoms with Gasteiger partial charge in [-0.1, -0.05) is 5.11 Å². The van der Waals surface area contributed by atoms with E-state index in [1.165, 1.54) is 6.92 Å². The minimum atomic E-state index is -1.82. The van der Waals surface area contributed by atoms with Crippen molar-refractivity contribution in [1.29, 1.82) is 0 Å². The van der Waals surface area contributed by atoms with Gasteiger partial charge < -0.3 is 11.5 Å². The lowest BCUT2D eigenvalue weighted by molar-refractivity contribution is -0.115. The third-order valence-electron chi connectivity index (χ3n) is 1.42. The molecule has 0 aliphatic rings. The van der Waals surface area contributed by atoms with Gasteiger partial charge in [-0.2, -0.15) is 0 Å². The van der Waals surface area contributed by atoms with Crippen LogP contribution in [0.4, 0.5) is 28.9 Å². The fraction of sp³-hybridized carbons (Fsp3) is 0.125. The number of nitrogen functional groups attached to an aromatic ring is 1. The van der Waals surface area contributed by atoms with Gasteiger partial charge in [-0.25, -0.2) is 17.6 Å². The first-order chi connectivity index (χ1) is 8.23. The second kappa shape index (κ2) is 6.30. The monoisotopic (exact) mass is 265 g/mol. The molecule has 0 saturated heterocycles. The molecule has 0 aromatic heterocycles. The lowest BCUT2D eigenvalue weighted by Gasteiger charge is -2.04. The number of amides is 1. The summed E-state index contributed by atoms with van der Waals surface area (Å²) in [6.45, 7) is 1.31. The Morgan fingerprint density at radius 3 is 1.78 bits per heavy atom. The lowest BCUT2D eigenvalue weighted by Crippen LogP contribution is -2.02. The number of rotatable bonds is 1. The highest BCUT2D eigenvalue weighted by Crippen LogP contribution is 2.31. The molecule has 18 heavy (non-hydrogen) atoms. The van der Waals surface area contributed by atoms with E-state index in [0.717, 1.165) is 0 Å². The Labute approximate surface area is 97.8 Å². The average Bonchev–Trinajstić information content (AvgIpc) is 2.29. The lowest BCUT2D eigenvalue weighted by atomic mass is 10.2. The summed E-state index contributed by atoms with van der Waals surface area (Å²) >= 11 is 0. The molecule has 6 nitrogen and oxygen atoms in total. The van der Waals surface area contributed by atoms with E-state index < -0.39 is 34.6 Å². The molecular formula is C8H7F4N5O. The van der Waals surface area contributed by atoms with Crippen LogP contribution < -0.4 is 11.5 Å². The molecule has 1 amide bonds. The molecule has 10 heteroatoms. The largest absolute Gasteiger partial charge is 0.394 e. The first-order valence-corrected chi connectivity index (χ1v) is 4.16. The molecule has 1 aromatic rings. The van der Waals surface area contributed by atoms with Crippen LogP contribution in [0, 0.1) is 23.3 Å². The molecule has 0 spiro atoms. The van der Waals surface area contributed by atoms with Gasteiger partial charge in [0.2, 0.25) is 5.91 Å². The Morgan fingerprint density at radius 1 is 1.17 bits per heavy atom. The highest BCUT2D eigenvalue weighted by atomic mass is 19.2. The number of anilines is 1. The first kappa shape index (κ1) is 15.5. The van der Waals surface area contributed by atoms with Crippen molar-refractivity contribution in [2.75, 3.05) is 5.73 Å². The summed E-state index contributed by atoms with van der Waals surface area (Å²) in [5, 5.41) is 2.46. The summed E-state index contributed by atoms with van der Waals surface area (Å²) in [6, 6.07) is 0. The van der Waals surface area contributed by atoms with E-state index in [9.17, 15) is 22.4 Å². The Hall–Kier alpha value is -2.48. The Bertz CT molecular complexity index is 494. The van der Waals surface area contributed by atoms with Crippen LogP contribution in [0.1, 0.15) is 6.92 Å². The molecule has 0 bridgehead atoms. The molecule has 4 N–H and O–H groups in total. The second-order valence-electron chi connectivity index (χ2n) is 2.82. The van der Waals surface area contributed by atoms with Crippen LogP contribution >= 0.6 is 0 Å². The number of hydrogen-bond donors (Lipinski definition) is 2. The third-order valence-corrected chi connectivity index (χ3v) is 1.42. The number of azide groups is 1. The van der Waals surface area contributed by atoms with E-state index in [4.69, 9.17) is 5.53 Å². The van der Waals surface area contributed by atoms with Crippen molar-refractivity contribution in [2.45, 2.75) is 6.92 Å². The van der Waals surface area contributed by atoms with Gasteiger partial charge in [0.25, 0.3) is 0 Å². The van der Waals surface area contributed by atoms with Crippen molar-refractivity contribution >= 4 is 17.3 Å². The van der Waals surface area contributed by atoms with Crippen molar-refractivity contribution in [2.24, 2.45) is 10.8 Å². The SMILES string of the molecule is CC(N)=O.[N-]=[N+]=Nc1c(F)c(F)c(N)c(F)c1F. The van der Waals surface area contributed by atoms with E-state index in [0.29, 0.717) is 0 Å². The zero-order chi connectivity index (χ0) is 14.5. The maximum Gasteiger partial charge on any atom is 0.214 e. The summed E-state index contributed by atoms with van der Waals surface area (Å²) in [5.74, 6) is -7.55. The third kappa shape index (κ3) is 3.52. The molecule has 0 unspecified atom stereocenters. The molecule has 98 valence electrons. The summed E-state index contributed by atoms with van der Waals surface area (Å²) in [4.78, 5) is 11.2. The maximum atomic E-state index is 12.8. The second-order valence-corrected chi connectivity index (χ2v) is 2.82. The standard InChI is InChI=1S/C6H2F4N4.C2H5NO/c7-1-3(9)6(13-14-12)4(10)2(8)5(1)11;1-2(3)4/h11H2;1H3,(H2,3,4). The average molecular weight is 265 g/mol. The predicted molar refractivity (Wildman–Crippen MR) is 54.4 cm³/mol. The summed E-state index contributed by atoms with van der Waals surface area (Å²) in [5.41, 5.74) is 14.4. The van der Waals surface area contributed by atoms with Crippen molar-refractivity contribution < 1.29 is 22.4 Å². The first-order valence-electron chi connectivity index (χ1n) is 4.16. The van der Waals surface area contributed by atoms with Crippen LogP contribution in [0.15, 0.2) is 5.11 Å². The van der Waals surface area contributed by atoms with Crippen molar-refractivity contribution in [3.05, 3.63) is 33.7 Å². The van der Waals surface area contributed by atoms with Gasteiger partial charge in [0.1, 0.15) is 11.4 Å². The van der Waals surface area contributed by atoms with Crippen molar-refractivity contribution in [3.8, 4) is 0 Å². The molecule has 0 heterocycles. The number of benzene rings is 1. The fourth-order valence-corrected chi connectivity index (χ4v) is 0.770. The fourth-order valence-electron chi connectivity index (χ4n) is 0.770. The van der Waals surface area contributed by atoms with Gasteiger partial charge >= 0.3 is 0 Å². The summed E-state index contributed by atoms with van der Waals surface area (Å²) < 4.78 is 50.9. The van der Waals surface area contributed by atoms with E-state index in [1.54, 1.807) is 0 Å². The van der Waals surface area contributed by atoms with E-state index >= 15 is 0 Å². The molecule has 1 aromatic carbocycles. The zero-order valence-corrected chi connectivity index (χ0v) is 8.92. The number of primary amides is 1. The van der Waals surface area contributed by atoms with E-state index in [1.807, 2.05) is 4.91 Å². The summed E-state index contributed by atoms with van der Waals surface area (Å²) in [6.07, 6.45) is 0. The molecule has 0 aliphatic heterocycles.